The highest BCUT2D eigenvalue weighted by atomic mass is 35.5. The van der Waals surface area contributed by atoms with Crippen molar-refractivity contribution in [3.8, 4) is 0 Å². The first-order valence-corrected chi connectivity index (χ1v) is 14.6. The summed E-state index contributed by atoms with van der Waals surface area (Å²) in [7, 11) is 0. The quantitative estimate of drug-likeness (QED) is 0.251. The Morgan fingerprint density at radius 3 is 2.69 bits per heavy atom. The molecule has 2 aromatic carbocycles. The Balaban J connectivity index is 1.51. The summed E-state index contributed by atoms with van der Waals surface area (Å²) in [6.45, 7) is 4.42. The Morgan fingerprint density at radius 2 is 1.92 bits per heavy atom. The molecule has 0 fully saturated rings. The van der Waals surface area contributed by atoms with E-state index < -0.39 is 12.0 Å². The van der Waals surface area contributed by atoms with Crippen molar-refractivity contribution in [3.63, 3.8) is 0 Å². The van der Waals surface area contributed by atoms with Gasteiger partial charge in [-0.2, -0.15) is 0 Å². The second-order valence-electron chi connectivity index (χ2n) is 9.14. The molecule has 0 saturated carbocycles. The van der Waals surface area contributed by atoms with Crippen molar-refractivity contribution in [2.24, 2.45) is 4.99 Å². The fourth-order valence-electron chi connectivity index (χ4n) is 4.98. The van der Waals surface area contributed by atoms with Crippen molar-refractivity contribution in [2.45, 2.75) is 26.4 Å². The third-order valence-electron chi connectivity index (χ3n) is 6.73. The van der Waals surface area contributed by atoms with E-state index in [0.29, 0.717) is 32.2 Å². The van der Waals surface area contributed by atoms with E-state index in [-0.39, 0.29) is 12.2 Å². The molecular formula is C30H24ClN3O3S2. The summed E-state index contributed by atoms with van der Waals surface area (Å²) >= 11 is 9.28. The molecule has 5 aromatic rings. The lowest BCUT2D eigenvalue weighted by Gasteiger charge is -2.23. The highest BCUT2D eigenvalue weighted by Crippen LogP contribution is 2.33. The van der Waals surface area contributed by atoms with E-state index in [1.165, 1.54) is 22.7 Å². The topological polar surface area (TPSA) is 65.6 Å². The van der Waals surface area contributed by atoms with Gasteiger partial charge in [-0.05, 0) is 49.1 Å². The van der Waals surface area contributed by atoms with E-state index in [1.54, 1.807) is 18.4 Å². The number of fused-ring (bicyclic) bond motifs is 2. The summed E-state index contributed by atoms with van der Waals surface area (Å²) in [6.07, 6.45) is 3.97. The van der Waals surface area contributed by atoms with Crippen molar-refractivity contribution in [2.75, 3.05) is 6.61 Å². The van der Waals surface area contributed by atoms with Crippen molar-refractivity contribution < 1.29 is 9.53 Å². The molecule has 1 unspecified atom stereocenters. The smallest absolute Gasteiger partial charge is 0.338 e. The molecule has 1 atom stereocenters. The zero-order valence-corrected chi connectivity index (χ0v) is 23.6. The van der Waals surface area contributed by atoms with Crippen LogP contribution in [0, 0.1) is 0 Å². The molecule has 4 heterocycles. The van der Waals surface area contributed by atoms with Gasteiger partial charge in [-0.1, -0.05) is 65.4 Å². The van der Waals surface area contributed by atoms with Gasteiger partial charge in [0.15, 0.2) is 4.80 Å². The van der Waals surface area contributed by atoms with Gasteiger partial charge in [-0.25, -0.2) is 9.79 Å². The lowest BCUT2D eigenvalue weighted by molar-refractivity contribution is -0.139. The van der Waals surface area contributed by atoms with Crippen LogP contribution in [-0.4, -0.2) is 21.7 Å². The van der Waals surface area contributed by atoms with Crippen LogP contribution in [0.1, 0.15) is 35.9 Å². The molecule has 0 bridgehead atoms. The Labute approximate surface area is 237 Å². The first kappa shape index (κ1) is 25.6. The number of rotatable bonds is 6. The van der Waals surface area contributed by atoms with Gasteiger partial charge in [-0.15, -0.1) is 11.3 Å². The van der Waals surface area contributed by atoms with Crippen molar-refractivity contribution in [3.05, 3.63) is 124 Å². The normalized spacial score (nSPS) is 15.5. The molecule has 0 radical (unpaired) electrons. The number of carbonyl (C=O) groups excluding carboxylic acids is 1. The van der Waals surface area contributed by atoms with Crippen LogP contribution in [0.25, 0.3) is 17.0 Å². The summed E-state index contributed by atoms with van der Waals surface area (Å²) < 4.78 is 9.69. The summed E-state index contributed by atoms with van der Waals surface area (Å²) in [6, 6.07) is 19.2. The van der Waals surface area contributed by atoms with Gasteiger partial charge < -0.3 is 9.30 Å². The monoisotopic (exact) mass is 573 g/mol. The number of carbonyl (C=O) groups is 1. The number of thiophene rings is 1. The average Bonchev–Trinajstić information content (AvgIpc) is 3.65. The van der Waals surface area contributed by atoms with Crippen LogP contribution in [0.5, 0.6) is 0 Å². The number of nitrogens with zero attached hydrogens (tertiary/aromatic N) is 3. The number of ether oxygens (including phenoxy) is 1. The molecule has 3 aromatic heterocycles. The number of allylic oxidation sites excluding steroid dienone is 1. The standard InChI is InChI=1S/C30H24ClN3O3S2/c1-3-37-29(36)26-18(2)32-30-34(27(26)24-13-8-14-38-24)28(35)25(39-30)15-20-17-33(23-12-7-5-10-21(20)23)16-19-9-4-6-11-22(19)31/h4-15,17,27H,3,16H2,1-2H3. The highest BCUT2D eigenvalue weighted by molar-refractivity contribution is 7.10. The average molecular weight is 574 g/mol. The maximum Gasteiger partial charge on any atom is 0.338 e. The van der Waals surface area contributed by atoms with Crippen molar-refractivity contribution in [1.29, 1.82) is 0 Å². The zero-order chi connectivity index (χ0) is 27.1. The second kappa shape index (κ2) is 10.4. The number of para-hydroxylation sites is 1. The molecule has 6 rings (SSSR count). The molecule has 0 N–H and O–H groups in total. The van der Waals surface area contributed by atoms with E-state index in [9.17, 15) is 9.59 Å². The SMILES string of the molecule is CCOC(=O)C1=C(C)N=c2sc(=Cc3cn(Cc4ccccc4Cl)c4ccccc34)c(=O)n2C1c1cccs1. The lowest BCUT2D eigenvalue weighted by Crippen LogP contribution is -2.39. The van der Waals surface area contributed by atoms with Crippen molar-refractivity contribution in [1.82, 2.24) is 9.13 Å². The number of esters is 1. The molecule has 1 aliphatic rings. The first-order valence-electron chi connectivity index (χ1n) is 12.5. The molecule has 0 aliphatic carbocycles. The number of benzene rings is 2. The summed E-state index contributed by atoms with van der Waals surface area (Å²) in [5.74, 6) is -0.450. The van der Waals surface area contributed by atoms with Crippen LogP contribution >= 0.6 is 34.3 Å². The molecule has 39 heavy (non-hydrogen) atoms. The van der Waals surface area contributed by atoms with Crippen LogP contribution in [0.15, 0.2) is 93.3 Å². The summed E-state index contributed by atoms with van der Waals surface area (Å²) in [5.41, 5.74) is 3.77. The molecule has 0 amide bonds. The molecule has 196 valence electrons. The highest BCUT2D eigenvalue weighted by Gasteiger charge is 2.33. The Bertz CT molecular complexity index is 1930. The van der Waals surface area contributed by atoms with E-state index in [4.69, 9.17) is 16.3 Å². The molecule has 0 saturated heterocycles. The first-order chi connectivity index (χ1) is 19.0. The summed E-state index contributed by atoms with van der Waals surface area (Å²) in [4.78, 5) is 33.0. The molecule has 9 heteroatoms. The third kappa shape index (κ3) is 4.58. The van der Waals surface area contributed by atoms with Gasteiger partial charge in [0.2, 0.25) is 0 Å². The second-order valence-corrected chi connectivity index (χ2v) is 11.5. The number of halogens is 1. The maximum atomic E-state index is 13.9. The number of hydrogen-bond acceptors (Lipinski definition) is 6. The van der Waals surface area contributed by atoms with Gasteiger partial charge in [0.1, 0.15) is 6.04 Å². The predicted octanol–water partition coefficient (Wildman–Crippen LogP) is 5.52. The van der Waals surface area contributed by atoms with Crippen LogP contribution in [-0.2, 0) is 16.1 Å². The Morgan fingerprint density at radius 1 is 1.13 bits per heavy atom. The predicted molar refractivity (Wildman–Crippen MR) is 157 cm³/mol. The molecule has 1 aliphatic heterocycles. The Hall–Kier alpha value is -3.72. The van der Waals surface area contributed by atoms with Gasteiger partial charge >= 0.3 is 5.97 Å². The van der Waals surface area contributed by atoms with Gasteiger partial charge in [0, 0.05) is 39.1 Å². The van der Waals surface area contributed by atoms with E-state index in [1.807, 2.05) is 60.0 Å². The fraction of sp³-hybridized carbons (Fsp3) is 0.167. The van der Waals surface area contributed by atoms with Gasteiger partial charge in [0.05, 0.1) is 22.4 Å². The van der Waals surface area contributed by atoms with Gasteiger partial charge in [0.25, 0.3) is 5.56 Å². The number of aromatic nitrogens is 2. The van der Waals surface area contributed by atoms with E-state index in [2.05, 4.69) is 27.9 Å². The Kier molecular flexibility index (Phi) is 6.85. The third-order valence-corrected chi connectivity index (χ3v) is 9.01. The minimum atomic E-state index is -0.580. The molecule has 0 spiro atoms. The summed E-state index contributed by atoms with van der Waals surface area (Å²) in [5, 5.41) is 3.69. The van der Waals surface area contributed by atoms with Crippen LogP contribution in [0.4, 0.5) is 0 Å². The minimum Gasteiger partial charge on any atom is -0.463 e. The number of thiazole rings is 1. The maximum absolute atomic E-state index is 13.9. The van der Waals surface area contributed by atoms with Crippen LogP contribution in [0.3, 0.4) is 0 Å². The fourth-order valence-corrected chi connectivity index (χ4v) is 7.04. The number of hydrogen-bond donors (Lipinski definition) is 0. The largest absolute Gasteiger partial charge is 0.463 e. The van der Waals surface area contributed by atoms with E-state index in [0.717, 1.165) is 26.9 Å². The van der Waals surface area contributed by atoms with Crippen molar-refractivity contribution >= 4 is 57.2 Å². The molecular weight excluding hydrogens is 550 g/mol. The van der Waals surface area contributed by atoms with Gasteiger partial charge in [-0.3, -0.25) is 9.36 Å². The van der Waals surface area contributed by atoms with Crippen LogP contribution in [0.2, 0.25) is 5.02 Å². The van der Waals surface area contributed by atoms with Crippen LogP contribution < -0.4 is 14.9 Å². The molecule has 6 nitrogen and oxygen atoms in total. The van der Waals surface area contributed by atoms with E-state index >= 15 is 0 Å². The lowest BCUT2D eigenvalue weighted by atomic mass is 10.0. The minimum absolute atomic E-state index is 0.186. The zero-order valence-electron chi connectivity index (χ0n) is 21.3.